The van der Waals surface area contributed by atoms with E-state index < -0.39 is 0 Å². The van der Waals surface area contributed by atoms with Gasteiger partial charge >= 0.3 is 5.97 Å². The highest BCUT2D eigenvalue weighted by Gasteiger charge is 2.12. The summed E-state index contributed by atoms with van der Waals surface area (Å²) in [5.74, 6) is -0.290. The van der Waals surface area contributed by atoms with Crippen LogP contribution in [-0.4, -0.2) is 22.9 Å². The van der Waals surface area contributed by atoms with Crippen LogP contribution in [0.4, 0.5) is 5.69 Å². The molecule has 0 fully saturated rings. The first-order valence-corrected chi connectivity index (χ1v) is 8.32. The lowest BCUT2D eigenvalue weighted by Gasteiger charge is -2.03. The first-order chi connectivity index (χ1) is 11.0. The van der Waals surface area contributed by atoms with Crippen LogP contribution in [0.1, 0.15) is 46.5 Å². The highest BCUT2D eigenvalue weighted by molar-refractivity contribution is 7.11. The molecule has 0 bridgehead atoms. The van der Waals surface area contributed by atoms with Crippen molar-refractivity contribution in [1.29, 1.82) is 0 Å². The van der Waals surface area contributed by atoms with Gasteiger partial charge in [-0.25, -0.2) is 9.79 Å². The SMILES string of the molecule is CCOC(=O)c1ccc(/N=c2/sc(C(C)=O)c(C)n2CC)cc1. The summed E-state index contributed by atoms with van der Waals surface area (Å²) < 4.78 is 6.97. The van der Waals surface area contributed by atoms with Crippen molar-refractivity contribution in [3.63, 3.8) is 0 Å². The highest BCUT2D eigenvalue weighted by Crippen LogP contribution is 2.16. The minimum atomic E-state index is -0.339. The molecule has 0 aliphatic carbocycles. The normalized spacial score (nSPS) is 11.6. The van der Waals surface area contributed by atoms with Crippen molar-refractivity contribution < 1.29 is 14.3 Å². The van der Waals surface area contributed by atoms with Crippen molar-refractivity contribution in [2.45, 2.75) is 34.2 Å². The second-order valence-corrected chi connectivity index (χ2v) is 5.96. The molecule has 0 radical (unpaired) electrons. The maximum atomic E-state index is 11.7. The Morgan fingerprint density at radius 1 is 1.22 bits per heavy atom. The maximum absolute atomic E-state index is 11.7. The zero-order valence-electron chi connectivity index (χ0n) is 13.8. The van der Waals surface area contributed by atoms with E-state index in [1.54, 1.807) is 38.1 Å². The van der Waals surface area contributed by atoms with Gasteiger partial charge in [0.25, 0.3) is 0 Å². The molecule has 2 rings (SSSR count). The molecule has 0 saturated carbocycles. The molecule has 0 atom stereocenters. The molecule has 1 heterocycles. The second kappa shape index (κ2) is 7.37. The Kier molecular flexibility index (Phi) is 5.50. The fraction of sp³-hybridized carbons (Fsp3) is 0.353. The number of rotatable bonds is 5. The molecule has 23 heavy (non-hydrogen) atoms. The maximum Gasteiger partial charge on any atom is 0.338 e. The van der Waals surface area contributed by atoms with Crippen LogP contribution in [0.5, 0.6) is 0 Å². The molecule has 0 aliphatic heterocycles. The fourth-order valence-corrected chi connectivity index (χ4v) is 3.38. The van der Waals surface area contributed by atoms with E-state index in [1.807, 2.05) is 18.4 Å². The van der Waals surface area contributed by atoms with Crippen molar-refractivity contribution >= 4 is 28.8 Å². The van der Waals surface area contributed by atoms with Crippen LogP contribution in [0.25, 0.3) is 0 Å². The third-order valence-corrected chi connectivity index (χ3v) is 4.68. The monoisotopic (exact) mass is 332 g/mol. The molecule has 2 aromatic rings. The number of nitrogens with zero attached hydrogens (tertiary/aromatic N) is 2. The van der Waals surface area contributed by atoms with Crippen molar-refractivity contribution in [1.82, 2.24) is 4.57 Å². The number of esters is 1. The number of hydrogen-bond donors (Lipinski definition) is 0. The first-order valence-electron chi connectivity index (χ1n) is 7.51. The summed E-state index contributed by atoms with van der Waals surface area (Å²) in [5.41, 5.74) is 2.17. The van der Waals surface area contributed by atoms with Crippen molar-refractivity contribution in [3.05, 3.63) is 45.2 Å². The molecular weight excluding hydrogens is 312 g/mol. The topological polar surface area (TPSA) is 60.7 Å². The molecular formula is C17H20N2O3S. The summed E-state index contributed by atoms with van der Waals surface area (Å²) >= 11 is 1.39. The van der Waals surface area contributed by atoms with Crippen molar-refractivity contribution in [2.75, 3.05) is 6.61 Å². The van der Waals surface area contributed by atoms with Crippen LogP contribution in [0.2, 0.25) is 0 Å². The minimum Gasteiger partial charge on any atom is -0.462 e. The van der Waals surface area contributed by atoms with E-state index in [0.29, 0.717) is 12.2 Å². The van der Waals surface area contributed by atoms with E-state index in [2.05, 4.69) is 4.99 Å². The third kappa shape index (κ3) is 3.76. The van der Waals surface area contributed by atoms with Gasteiger partial charge in [0.15, 0.2) is 10.6 Å². The molecule has 5 nitrogen and oxygen atoms in total. The predicted octanol–water partition coefficient (Wildman–Crippen LogP) is 3.49. The first kappa shape index (κ1) is 17.1. The molecule has 1 aromatic carbocycles. The smallest absolute Gasteiger partial charge is 0.338 e. The summed E-state index contributed by atoms with van der Waals surface area (Å²) in [5, 5.41) is 0. The van der Waals surface area contributed by atoms with E-state index in [-0.39, 0.29) is 11.8 Å². The number of ketones is 1. The van der Waals surface area contributed by atoms with Crippen LogP contribution < -0.4 is 4.80 Å². The van der Waals surface area contributed by atoms with Gasteiger partial charge in [0.1, 0.15) is 0 Å². The summed E-state index contributed by atoms with van der Waals surface area (Å²) in [4.78, 5) is 29.4. The molecule has 0 spiro atoms. The number of carbonyl (C=O) groups excluding carboxylic acids is 2. The zero-order valence-corrected chi connectivity index (χ0v) is 14.6. The van der Waals surface area contributed by atoms with Gasteiger partial charge in [-0.1, -0.05) is 11.3 Å². The lowest BCUT2D eigenvalue weighted by atomic mass is 10.2. The summed E-state index contributed by atoms with van der Waals surface area (Å²) in [7, 11) is 0. The van der Waals surface area contributed by atoms with Crippen LogP contribution >= 0.6 is 11.3 Å². The Morgan fingerprint density at radius 2 is 1.87 bits per heavy atom. The van der Waals surface area contributed by atoms with Crippen LogP contribution in [-0.2, 0) is 11.3 Å². The molecule has 0 amide bonds. The average Bonchev–Trinajstić information content (AvgIpc) is 2.84. The second-order valence-electron chi connectivity index (χ2n) is 4.98. The standard InChI is InChI=1S/C17H20N2O3S/c1-5-19-11(3)15(12(4)20)23-17(19)18-14-9-7-13(8-10-14)16(21)22-6-2/h7-10H,5-6H2,1-4H3/b18-17+. The Balaban J connectivity index is 2.41. The lowest BCUT2D eigenvalue weighted by Crippen LogP contribution is -2.14. The van der Waals surface area contributed by atoms with Gasteiger partial charge < -0.3 is 9.30 Å². The van der Waals surface area contributed by atoms with Gasteiger partial charge in [-0.05, 0) is 45.0 Å². The molecule has 0 N–H and O–H groups in total. The largest absolute Gasteiger partial charge is 0.462 e. The van der Waals surface area contributed by atoms with E-state index in [1.165, 1.54) is 11.3 Å². The van der Waals surface area contributed by atoms with Gasteiger partial charge in [0.2, 0.25) is 0 Å². The number of aromatic nitrogens is 1. The Bertz CT molecular complexity index is 785. The van der Waals surface area contributed by atoms with Crippen LogP contribution in [0.3, 0.4) is 0 Å². The fourth-order valence-electron chi connectivity index (χ4n) is 2.27. The summed E-state index contributed by atoms with van der Waals surface area (Å²) in [6.07, 6.45) is 0. The van der Waals surface area contributed by atoms with Gasteiger partial charge in [-0.3, -0.25) is 4.79 Å². The number of Topliss-reactive ketones (excluding diaryl/α,β-unsaturated/α-hetero) is 1. The van der Waals surface area contributed by atoms with E-state index >= 15 is 0 Å². The molecule has 1 aromatic heterocycles. The van der Waals surface area contributed by atoms with Crippen molar-refractivity contribution in [2.24, 2.45) is 4.99 Å². The van der Waals surface area contributed by atoms with Crippen LogP contribution in [0, 0.1) is 6.92 Å². The summed E-state index contributed by atoms with van der Waals surface area (Å²) in [6, 6.07) is 6.93. The van der Waals surface area contributed by atoms with E-state index in [9.17, 15) is 9.59 Å². The molecule has 0 saturated heterocycles. The van der Waals surface area contributed by atoms with E-state index in [0.717, 1.165) is 27.6 Å². The molecule has 0 aliphatic rings. The molecule has 122 valence electrons. The number of thiazole rings is 1. The Hall–Kier alpha value is -2.21. The summed E-state index contributed by atoms with van der Waals surface area (Å²) in [6.45, 7) is 8.39. The number of carbonyl (C=O) groups is 2. The highest BCUT2D eigenvalue weighted by atomic mass is 32.1. The van der Waals surface area contributed by atoms with Gasteiger partial charge in [0, 0.05) is 19.2 Å². The molecule has 0 unspecified atom stereocenters. The van der Waals surface area contributed by atoms with E-state index in [4.69, 9.17) is 4.74 Å². The minimum absolute atomic E-state index is 0.0498. The van der Waals surface area contributed by atoms with Gasteiger partial charge in [0.05, 0.1) is 22.7 Å². The van der Waals surface area contributed by atoms with Crippen molar-refractivity contribution in [3.8, 4) is 0 Å². The van der Waals surface area contributed by atoms with Gasteiger partial charge in [-0.2, -0.15) is 0 Å². The van der Waals surface area contributed by atoms with Gasteiger partial charge in [-0.15, -0.1) is 0 Å². The Labute approximate surface area is 139 Å². The third-order valence-electron chi connectivity index (χ3n) is 3.40. The number of hydrogen-bond acceptors (Lipinski definition) is 5. The Morgan fingerprint density at radius 3 is 2.39 bits per heavy atom. The predicted molar refractivity (Wildman–Crippen MR) is 90.3 cm³/mol. The van der Waals surface area contributed by atoms with Crippen LogP contribution in [0.15, 0.2) is 29.3 Å². The molecule has 6 heteroatoms. The quantitative estimate of drug-likeness (QED) is 0.622. The zero-order chi connectivity index (χ0) is 17.0. The average molecular weight is 332 g/mol. The lowest BCUT2D eigenvalue weighted by molar-refractivity contribution is 0.0526. The number of ether oxygens (including phenoxy) is 1. The number of benzene rings is 1.